The number of carbonyl (C=O) groups is 2. The smallest absolute Gasteiger partial charge is 0.339 e. The van der Waals surface area contributed by atoms with E-state index in [-0.39, 0.29) is 23.5 Å². The van der Waals surface area contributed by atoms with Gasteiger partial charge in [-0.15, -0.1) is 0 Å². The molecule has 2 aromatic carbocycles. The summed E-state index contributed by atoms with van der Waals surface area (Å²) < 4.78 is 15.8. The van der Waals surface area contributed by atoms with Crippen molar-refractivity contribution in [1.29, 1.82) is 0 Å². The molecular formula is C20H20N2O7. The molecule has 0 saturated heterocycles. The van der Waals surface area contributed by atoms with E-state index in [1.807, 2.05) is 0 Å². The SMILES string of the molecule is C=CCOc1ccc(C(=O)OC(C)C(=O)Nc2ccccc2[N+](=O)[O-])cc1OC. The van der Waals surface area contributed by atoms with E-state index in [1.54, 1.807) is 12.1 Å². The van der Waals surface area contributed by atoms with Crippen LogP contribution in [-0.4, -0.2) is 36.6 Å². The molecule has 1 N–H and O–H groups in total. The van der Waals surface area contributed by atoms with Crippen molar-refractivity contribution in [2.75, 3.05) is 19.0 Å². The lowest BCUT2D eigenvalue weighted by Gasteiger charge is -2.15. The van der Waals surface area contributed by atoms with Crippen molar-refractivity contribution in [3.8, 4) is 11.5 Å². The van der Waals surface area contributed by atoms with Crippen LogP contribution < -0.4 is 14.8 Å². The first-order chi connectivity index (χ1) is 13.9. The van der Waals surface area contributed by atoms with Crippen molar-refractivity contribution in [3.63, 3.8) is 0 Å². The normalized spacial score (nSPS) is 11.1. The van der Waals surface area contributed by atoms with Crippen LogP contribution in [-0.2, 0) is 9.53 Å². The number of benzene rings is 2. The molecule has 0 aliphatic rings. The summed E-state index contributed by atoms with van der Waals surface area (Å²) in [5.74, 6) is -0.723. The number of esters is 1. The fraction of sp³-hybridized carbons (Fsp3) is 0.200. The predicted octanol–water partition coefficient (Wildman–Crippen LogP) is 3.35. The molecule has 9 nitrogen and oxygen atoms in total. The highest BCUT2D eigenvalue weighted by molar-refractivity contribution is 5.98. The number of hydrogen-bond donors (Lipinski definition) is 1. The fourth-order valence-electron chi connectivity index (χ4n) is 2.32. The summed E-state index contributed by atoms with van der Waals surface area (Å²) in [7, 11) is 1.42. The van der Waals surface area contributed by atoms with Gasteiger partial charge in [0, 0.05) is 6.07 Å². The second-order valence-electron chi connectivity index (χ2n) is 5.78. The Balaban J connectivity index is 2.07. The molecule has 0 aliphatic carbocycles. The number of nitro benzene ring substituents is 1. The van der Waals surface area contributed by atoms with Gasteiger partial charge in [-0.2, -0.15) is 0 Å². The highest BCUT2D eigenvalue weighted by Gasteiger charge is 2.23. The van der Waals surface area contributed by atoms with Gasteiger partial charge in [0.2, 0.25) is 0 Å². The Bertz CT molecular complexity index is 927. The molecule has 0 aromatic heterocycles. The molecule has 9 heteroatoms. The molecular weight excluding hydrogens is 380 g/mol. The van der Waals surface area contributed by atoms with Crippen molar-refractivity contribution in [1.82, 2.24) is 0 Å². The molecule has 29 heavy (non-hydrogen) atoms. The summed E-state index contributed by atoms with van der Waals surface area (Å²) in [6.07, 6.45) is 0.379. The highest BCUT2D eigenvalue weighted by Crippen LogP contribution is 2.28. The first kappa shape index (κ1) is 21.4. The summed E-state index contributed by atoms with van der Waals surface area (Å²) in [6, 6.07) is 10.1. The minimum absolute atomic E-state index is 0.00999. The van der Waals surface area contributed by atoms with Crippen molar-refractivity contribution in [2.45, 2.75) is 13.0 Å². The second kappa shape index (κ2) is 9.88. The van der Waals surface area contributed by atoms with E-state index in [0.717, 1.165) is 0 Å². The van der Waals surface area contributed by atoms with Gasteiger partial charge in [-0.3, -0.25) is 14.9 Å². The van der Waals surface area contributed by atoms with Crippen LogP contribution in [0.4, 0.5) is 11.4 Å². The van der Waals surface area contributed by atoms with Gasteiger partial charge in [0.25, 0.3) is 11.6 Å². The number of methoxy groups -OCH3 is 1. The molecule has 1 unspecified atom stereocenters. The molecule has 1 atom stereocenters. The molecule has 0 bridgehead atoms. The zero-order valence-corrected chi connectivity index (χ0v) is 15.9. The minimum Gasteiger partial charge on any atom is -0.493 e. The lowest BCUT2D eigenvalue weighted by molar-refractivity contribution is -0.383. The van der Waals surface area contributed by atoms with Crippen molar-refractivity contribution in [3.05, 3.63) is 70.8 Å². The van der Waals surface area contributed by atoms with Crippen LogP contribution in [0.15, 0.2) is 55.1 Å². The minimum atomic E-state index is -1.19. The van der Waals surface area contributed by atoms with Crippen LogP contribution >= 0.6 is 0 Å². The van der Waals surface area contributed by atoms with Gasteiger partial charge in [0.05, 0.1) is 17.6 Å². The molecule has 2 rings (SSSR count). The number of amides is 1. The number of nitrogens with zero attached hydrogens (tertiary/aromatic N) is 1. The van der Waals surface area contributed by atoms with E-state index in [4.69, 9.17) is 14.2 Å². The molecule has 0 aliphatic heterocycles. The van der Waals surface area contributed by atoms with Gasteiger partial charge in [-0.25, -0.2) is 4.79 Å². The lowest BCUT2D eigenvalue weighted by atomic mass is 10.2. The van der Waals surface area contributed by atoms with Gasteiger partial charge in [-0.1, -0.05) is 24.8 Å². The monoisotopic (exact) mass is 400 g/mol. The van der Waals surface area contributed by atoms with Crippen LogP contribution in [0.2, 0.25) is 0 Å². The molecule has 0 spiro atoms. The fourth-order valence-corrected chi connectivity index (χ4v) is 2.32. The van der Waals surface area contributed by atoms with E-state index in [2.05, 4.69) is 11.9 Å². The highest BCUT2D eigenvalue weighted by atomic mass is 16.6. The topological polar surface area (TPSA) is 117 Å². The van der Waals surface area contributed by atoms with Crippen LogP contribution in [0.25, 0.3) is 0 Å². The maximum Gasteiger partial charge on any atom is 0.339 e. The number of para-hydroxylation sites is 2. The van der Waals surface area contributed by atoms with Gasteiger partial charge < -0.3 is 19.5 Å². The standard InChI is InChI=1S/C20H20N2O7/c1-4-11-28-17-10-9-14(12-18(17)27-3)20(24)29-13(2)19(23)21-15-7-5-6-8-16(15)22(25)26/h4-10,12-13H,1,11H2,2-3H3,(H,21,23). The second-order valence-corrected chi connectivity index (χ2v) is 5.78. The number of anilines is 1. The Morgan fingerprint density at radius 2 is 1.97 bits per heavy atom. The Kier molecular flexibility index (Phi) is 7.30. The Labute approximate surface area is 167 Å². The van der Waals surface area contributed by atoms with Gasteiger partial charge in [0.15, 0.2) is 17.6 Å². The van der Waals surface area contributed by atoms with Crippen LogP contribution in [0, 0.1) is 10.1 Å². The third kappa shape index (κ3) is 5.55. The van der Waals surface area contributed by atoms with E-state index >= 15 is 0 Å². The number of carbonyl (C=O) groups excluding carboxylic acids is 2. The molecule has 152 valence electrons. The van der Waals surface area contributed by atoms with E-state index < -0.39 is 22.9 Å². The number of hydrogen-bond acceptors (Lipinski definition) is 7. The molecule has 1 amide bonds. The van der Waals surface area contributed by atoms with Crippen LogP contribution in [0.3, 0.4) is 0 Å². The third-order valence-electron chi connectivity index (χ3n) is 3.77. The summed E-state index contributed by atoms with van der Waals surface area (Å²) >= 11 is 0. The number of rotatable bonds is 9. The molecule has 0 saturated carbocycles. The Morgan fingerprint density at radius 3 is 2.62 bits per heavy atom. The summed E-state index contributed by atoms with van der Waals surface area (Å²) in [4.78, 5) is 35.1. The van der Waals surface area contributed by atoms with Crippen molar-refractivity contribution < 1.29 is 28.7 Å². The average molecular weight is 400 g/mol. The predicted molar refractivity (Wildman–Crippen MR) is 105 cm³/mol. The Hall–Kier alpha value is -3.88. The number of nitro groups is 1. The number of ether oxygens (including phenoxy) is 3. The average Bonchev–Trinajstić information content (AvgIpc) is 2.72. The maximum atomic E-state index is 12.4. The summed E-state index contributed by atoms with van der Waals surface area (Å²) in [5.41, 5.74) is -0.104. The molecule has 0 fully saturated rings. The largest absolute Gasteiger partial charge is 0.493 e. The van der Waals surface area contributed by atoms with Crippen LogP contribution in [0.1, 0.15) is 17.3 Å². The zero-order valence-electron chi connectivity index (χ0n) is 15.9. The van der Waals surface area contributed by atoms with Crippen LogP contribution in [0.5, 0.6) is 11.5 Å². The van der Waals surface area contributed by atoms with Gasteiger partial charge in [0.1, 0.15) is 12.3 Å². The summed E-state index contributed by atoms with van der Waals surface area (Å²) in [6.45, 7) is 5.18. The quantitative estimate of drug-likeness (QED) is 0.297. The third-order valence-corrected chi connectivity index (χ3v) is 3.77. The van der Waals surface area contributed by atoms with E-state index in [9.17, 15) is 19.7 Å². The Morgan fingerprint density at radius 1 is 1.24 bits per heavy atom. The lowest BCUT2D eigenvalue weighted by Crippen LogP contribution is -2.30. The molecule has 0 radical (unpaired) electrons. The first-order valence-electron chi connectivity index (χ1n) is 8.54. The maximum absolute atomic E-state index is 12.4. The molecule has 0 heterocycles. The summed E-state index contributed by atoms with van der Waals surface area (Å²) in [5, 5.41) is 13.4. The van der Waals surface area contributed by atoms with Crippen molar-refractivity contribution in [2.24, 2.45) is 0 Å². The van der Waals surface area contributed by atoms with Crippen molar-refractivity contribution >= 4 is 23.3 Å². The van der Waals surface area contributed by atoms with Gasteiger partial charge in [-0.05, 0) is 31.2 Å². The first-order valence-corrected chi connectivity index (χ1v) is 8.54. The van der Waals surface area contributed by atoms with E-state index in [0.29, 0.717) is 11.5 Å². The molecule has 2 aromatic rings. The zero-order chi connectivity index (χ0) is 21.4. The van der Waals surface area contributed by atoms with E-state index in [1.165, 1.54) is 50.4 Å². The number of nitrogens with one attached hydrogen (secondary N) is 1. The van der Waals surface area contributed by atoms with Gasteiger partial charge >= 0.3 is 5.97 Å².